The van der Waals surface area contributed by atoms with Crippen molar-refractivity contribution in [2.75, 3.05) is 26.8 Å². The van der Waals surface area contributed by atoms with Gasteiger partial charge in [0, 0.05) is 12.0 Å². The molecule has 16 heteroatoms. The number of carbonyl (C=O) groups is 2. The number of nitro groups is 1. The van der Waals surface area contributed by atoms with Crippen molar-refractivity contribution in [1.82, 2.24) is 0 Å². The number of carbonyl (C=O) groups excluding carboxylic acids is 2. The topological polar surface area (TPSA) is 198 Å². The predicted molar refractivity (Wildman–Crippen MR) is 134 cm³/mol. The SMILES string of the molecule is COC(=O)[C@H]1C(c2ccc(OC)cc2)[C@H](C(=O)OC)S(=O)(=O)C(=NNc2ccc(C)cc2[N+](=O)[O-])S1(=O)=O. The van der Waals surface area contributed by atoms with E-state index in [1.165, 1.54) is 43.5 Å². The average molecular weight is 570 g/mol. The summed E-state index contributed by atoms with van der Waals surface area (Å²) in [6.07, 6.45) is 0. The zero-order valence-electron chi connectivity index (χ0n) is 20.5. The number of sulfone groups is 2. The van der Waals surface area contributed by atoms with Gasteiger partial charge < -0.3 is 14.2 Å². The van der Waals surface area contributed by atoms with Gasteiger partial charge in [-0.2, -0.15) is 5.10 Å². The van der Waals surface area contributed by atoms with Gasteiger partial charge in [0.05, 0.1) is 26.3 Å². The van der Waals surface area contributed by atoms with Crippen LogP contribution in [0, 0.1) is 17.0 Å². The Morgan fingerprint density at radius 1 is 0.921 bits per heavy atom. The number of hydrogen-bond donors (Lipinski definition) is 1. The molecule has 0 unspecified atom stereocenters. The lowest BCUT2D eigenvalue weighted by molar-refractivity contribution is -0.384. The molecule has 14 nitrogen and oxygen atoms in total. The molecule has 1 aliphatic rings. The smallest absolute Gasteiger partial charge is 0.325 e. The zero-order valence-corrected chi connectivity index (χ0v) is 22.1. The Balaban J connectivity index is 2.29. The van der Waals surface area contributed by atoms with Gasteiger partial charge in [0.2, 0.25) is 19.7 Å². The van der Waals surface area contributed by atoms with Crippen molar-refractivity contribution in [3.63, 3.8) is 0 Å². The maximum Gasteiger partial charge on any atom is 0.325 e. The molecular weight excluding hydrogens is 546 g/mol. The maximum atomic E-state index is 13.6. The first kappa shape index (κ1) is 28.5. The molecule has 1 saturated heterocycles. The summed E-state index contributed by atoms with van der Waals surface area (Å²) in [6, 6.07) is 9.16. The number of benzene rings is 2. The van der Waals surface area contributed by atoms with Crippen LogP contribution in [-0.4, -0.2) is 69.9 Å². The van der Waals surface area contributed by atoms with Crippen LogP contribution in [0.15, 0.2) is 47.6 Å². The fraction of sp³-hybridized carbons (Fsp3) is 0.318. The Bertz CT molecular complexity index is 1460. The number of anilines is 1. The molecular formula is C22H23N3O11S2. The molecule has 2 aromatic rings. The summed E-state index contributed by atoms with van der Waals surface area (Å²) in [5.74, 6) is -4.17. The lowest BCUT2D eigenvalue weighted by atomic mass is 9.91. The lowest BCUT2D eigenvalue weighted by Gasteiger charge is -2.35. The third-order valence-electron chi connectivity index (χ3n) is 5.79. The van der Waals surface area contributed by atoms with E-state index in [-0.39, 0.29) is 11.3 Å². The minimum Gasteiger partial charge on any atom is -0.497 e. The van der Waals surface area contributed by atoms with Crippen molar-refractivity contribution in [2.24, 2.45) is 5.10 Å². The van der Waals surface area contributed by atoms with Gasteiger partial charge in [0.15, 0.2) is 10.5 Å². The number of hydrazone groups is 1. The minimum atomic E-state index is -5.17. The van der Waals surface area contributed by atoms with E-state index >= 15 is 0 Å². The van der Waals surface area contributed by atoms with E-state index in [1.54, 1.807) is 6.92 Å². The monoisotopic (exact) mass is 569 g/mol. The number of nitro benzene ring substituents is 1. The highest BCUT2D eigenvalue weighted by molar-refractivity contribution is 8.32. The quantitative estimate of drug-likeness (QED) is 0.285. The van der Waals surface area contributed by atoms with Crippen LogP contribution >= 0.6 is 0 Å². The summed E-state index contributed by atoms with van der Waals surface area (Å²) < 4.78 is 67.3. The maximum absolute atomic E-state index is 13.6. The van der Waals surface area contributed by atoms with Crippen molar-refractivity contribution < 1.29 is 45.6 Å². The van der Waals surface area contributed by atoms with Crippen molar-refractivity contribution in [2.45, 2.75) is 23.3 Å². The van der Waals surface area contributed by atoms with Crippen LogP contribution in [0.25, 0.3) is 0 Å². The molecule has 3 rings (SSSR count). The van der Waals surface area contributed by atoms with E-state index in [9.17, 15) is 36.5 Å². The standard InChI is InChI=1S/C22H23N3O11S2/c1-12-5-10-15(16(11-12)25(28)29)23-24-22-37(30,31)18(20(26)35-3)17(13-6-8-14(34-2)9-7-13)19(21(27)36-4)38(22,32)33/h5-11,17-19,23H,1-4H3/t17?,18-,19-/m1/s1. The van der Waals surface area contributed by atoms with E-state index in [1.807, 2.05) is 0 Å². The first-order valence-electron chi connectivity index (χ1n) is 10.7. The molecule has 0 saturated carbocycles. The molecule has 0 spiro atoms. The van der Waals surface area contributed by atoms with Crippen LogP contribution in [0.5, 0.6) is 5.75 Å². The molecule has 0 bridgehead atoms. The molecule has 1 N–H and O–H groups in total. The van der Waals surface area contributed by atoms with E-state index in [0.29, 0.717) is 11.3 Å². The summed E-state index contributed by atoms with van der Waals surface area (Å²) >= 11 is 0. The predicted octanol–water partition coefficient (Wildman–Crippen LogP) is 1.30. The number of ether oxygens (including phenoxy) is 3. The van der Waals surface area contributed by atoms with Crippen LogP contribution in [-0.2, 0) is 38.7 Å². The average Bonchev–Trinajstić information content (AvgIpc) is 2.87. The summed E-state index contributed by atoms with van der Waals surface area (Å²) in [7, 11) is -7.18. The third-order valence-corrected chi connectivity index (χ3v) is 10.7. The molecule has 0 amide bonds. The molecule has 38 heavy (non-hydrogen) atoms. The molecule has 0 aliphatic carbocycles. The van der Waals surface area contributed by atoms with E-state index in [4.69, 9.17) is 4.74 Å². The molecule has 0 aromatic heterocycles. The second kappa shape index (κ2) is 10.7. The summed E-state index contributed by atoms with van der Waals surface area (Å²) in [5, 5.41) is 10.4. The van der Waals surface area contributed by atoms with Crippen molar-refractivity contribution in [3.05, 3.63) is 63.7 Å². The Kier molecular flexibility index (Phi) is 8.06. The normalized spacial score (nSPS) is 21.6. The van der Waals surface area contributed by atoms with Crippen LogP contribution in [0.1, 0.15) is 17.0 Å². The van der Waals surface area contributed by atoms with Crippen LogP contribution in [0.4, 0.5) is 11.4 Å². The Morgan fingerprint density at radius 2 is 1.45 bits per heavy atom. The fourth-order valence-electron chi connectivity index (χ4n) is 4.00. The Hall–Kier alpha value is -4.05. The van der Waals surface area contributed by atoms with Crippen molar-refractivity contribution in [1.29, 1.82) is 0 Å². The lowest BCUT2D eigenvalue weighted by Crippen LogP contribution is -2.58. The summed E-state index contributed by atoms with van der Waals surface area (Å²) in [6.45, 7) is 1.57. The van der Waals surface area contributed by atoms with E-state index in [2.05, 4.69) is 20.0 Å². The Morgan fingerprint density at radius 3 is 1.89 bits per heavy atom. The highest BCUT2D eigenvalue weighted by Crippen LogP contribution is 2.41. The number of esters is 2. The van der Waals surface area contributed by atoms with Gasteiger partial charge in [-0.25, -0.2) is 16.8 Å². The van der Waals surface area contributed by atoms with Gasteiger partial charge in [-0.1, -0.05) is 18.2 Å². The first-order valence-corrected chi connectivity index (χ1v) is 13.8. The number of nitrogens with one attached hydrogen (secondary N) is 1. The van der Waals surface area contributed by atoms with Gasteiger partial charge in [-0.15, -0.1) is 0 Å². The number of methoxy groups -OCH3 is 3. The molecule has 1 fully saturated rings. The van der Waals surface area contributed by atoms with E-state index < -0.39 is 63.0 Å². The van der Waals surface area contributed by atoms with Gasteiger partial charge >= 0.3 is 11.9 Å². The molecule has 1 aliphatic heterocycles. The van der Waals surface area contributed by atoms with Gasteiger partial charge in [-0.05, 0) is 36.2 Å². The highest BCUT2D eigenvalue weighted by atomic mass is 32.3. The first-order chi connectivity index (χ1) is 17.8. The highest BCUT2D eigenvalue weighted by Gasteiger charge is 2.63. The number of hydrogen-bond acceptors (Lipinski definition) is 13. The number of rotatable bonds is 7. The summed E-state index contributed by atoms with van der Waals surface area (Å²) in [4.78, 5) is 36.3. The minimum absolute atomic E-state index is 0.00932. The van der Waals surface area contributed by atoms with Gasteiger partial charge in [-0.3, -0.25) is 25.1 Å². The zero-order chi connectivity index (χ0) is 28.4. The molecule has 204 valence electrons. The molecule has 0 radical (unpaired) electrons. The van der Waals surface area contributed by atoms with E-state index in [0.717, 1.165) is 20.3 Å². The van der Waals surface area contributed by atoms with Crippen LogP contribution in [0.3, 0.4) is 0 Å². The number of aryl methyl sites for hydroxylation is 1. The fourth-order valence-corrected chi connectivity index (χ4v) is 8.90. The third kappa shape index (κ3) is 5.04. The van der Waals surface area contributed by atoms with Crippen molar-refractivity contribution in [3.8, 4) is 5.75 Å². The largest absolute Gasteiger partial charge is 0.497 e. The molecule has 1 heterocycles. The van der Waals surface area contributed by atoms with Crippen molar-refractivity contribution >= 4 is 47.4 Å². The molecule has 2 atom stereocenters. The second-order valence-electron chi connectivity index (χ2n) is 8.04. The Labute approximate surface area is 217 Å². The van der Waals surface area contributed by atoms with Gasteiger partial charge in [0.25, 0.3) is 10.1 Å². The second-order valence-corrected chi connectivity index (χ2v) is 12.3. The van der Waals surface area contributed by atoms with Crippen LogP contribution < -0.4 is 10.2 Å². The summed E-state index contributed by atoms with van der Waals surface area (Å²) in [5.41, 5.74) is 1.72. The van der Waals surface area contributed by atoms with Crippen LogP contribution in [0.2, 0.25) is 0 Å². The number of nitrogens with zero attached hydrogens (tertiary/aromatic N) is 2. The van der Waals surface area contributed by atoms with Gasteiger partial charge in [0.1, 0.15) is 11.4 Å². The molecule has 2 aromatic carbocycles.